The number of carbonyl (C=O) groups excluding carboxylic acids is 1. The number of amides is 1. The van der Waals surface area contributed by atoms with E-state index in [9.17, 15) is 4.79 Å². The van der Waals surface area contributed by atoms with Crippen LogP contribution in [0, 0.1) is 6.92 Å². The van der Waals surface area contributed by atoms with E-state index >= 15 is 0 Å². The molecule has 0 saturated carbocycles. The number of carbonyl (C=O) groups is 1. The summed E-state index contributed by atoms with van der Waals surface area (Å²) in [6.07, 6.45) is 4.53. The third kappa shape index (κ3) is 4.15. The fraction of sp³-hybridized carbons (Fsp3) is 0.381. The first-order chi connectivity index (χ1) is 13.7. The zero-order chi connectivity index (χ0) is 19.3. The van der Waals surface area contributed by atoms with Crippen LogP contribution in [0.25, 0.3) is 10.1 Å². The number of hydrogen-bond donors (Lipinski definition) is 1. The van der Waals surface area contributed by atoms with Gasteiger partial charge in [0.25, 0.3) is 5.91 Å². The van der Waals surface area contributed by atoms with Gasteiger partial charge in [0.2, 0.25) is 5.95 Å². The van der Waals surface area contributed by atoms with Crippen molar-refractivity contribution in [3.8, 4) is 0 Å². The Morgan fingerprint density at radius 1 is 1.11 bits per heavy atom. The predicted octanol–water partition coefficient (Wildman–Crippen LogP) is 2.94. The highest BCUT2D eigenvalue weighted by atomic mass is 32.1. The van der Waals surface area contributed by atoms with Crippen molar-refractivity contribution in [2.45, 2.75) is 13.3 Å². The first-order valence-corrected chi connectivity index (χ1v) is 10.5. The molecule has 0 radical (unpaired) electrons. The van der Waals surface area contributed by atoms with E-state index in [2.05, 4.69) is 37.2 Å². The maximum Gasteiger partial charge on any atom is 0.261 e. The molecule has 1 N–H and O–H groups in total. The van der Waals surface area contributed by atoms with E-state index < -0.39 is 0 Å². The molecule has 0 bridgehead atoms. The van der Waals surface area contributed by atoms with E-state index in [4.69, 9.17) is 0 Å². The number of nitrogens with one attached hydrogen (secondary N) is 1. The van der Waals surface area contributed by atoms with Crippen LogP contribution in [0.4, 0.5) is 5.95 Å². The Balaban J connectivity index is 1.21. The average molecular weight is 396 g/mol. The quantitative estimate of drug-likeness (QED) is 0.650. The van der Waals surface area contributed by atoms with Gasteiger partial charge in [-0.2, -0.15) is 0 Å². The Morgan fingerprint density at radius 3 is 2.61 bits per heavy atom. The predicted molar refractivity (Wildman–Crippen MR) is 114 cm³/mol. The summed E-state index contributed by atoms with van der Waals surface area (Å²) in [5, 5.41) is 4.27. The molecule has 7 heteroatoms. The molecule has 1 amide bonds. The van der Waals surface area contributed by atoms with Gasteiger partial charge < -0.3 is 10.2 Å². The molecule has 3 heterocycles. The van der Waals surface area contributed by atoms with Gasteiger partial charge in [-0.15, -0.1) is 11.3 Å². The third-order valence-electron chi connectivity index (χ3n) is 5.19. The van der Waals surface area contributed by atoms with Crippen molar-refractivity contribution in [3.05, 3.63) is 53.2 Å². The Hall–Kier alpha value is -2.51. The Morgan fingerprint density at radius 2 is 1.86 bits per heavy atom. The number of rotatable bonds is 6. The van der Waals surface area contributed by atoms with E-state index in [-0.39, 0.29) is 5.91 Å². The van der Waals surface area contributed by atoms with Crippen molar-refractivity contribution < 1.29 is 4.79 Å². The van der Waals surface area contributed by atoms with Crippen LogP contribution in [0.3, 0.4) is 0 Å². The van der Waals surface area contributed by atoms with Crippen LogP contribution in [0.15, 0.2) is 42.7 Å². The SMILES string of the molecule is Cc1c(C(=O)NCCCN2CCN(c3ncccn3)CC2)sc2ccccc12. The molecule has 1 aliphatic heterocycles. The van der Waals surface area contributed by atoms with Gasteiger partial charge >= 0.3 is 0 Å². The highest BCUT2D eigenvalue weighted by Gasteiger charge is 2.19. The number of aromatic nitrogens is 2. The number of benzene rings is 1. The van der Waals surface area contributed by atoms with E-state index in [1.807, 2.05) is 25.1 Å². The summed E-state index contributed by atoms with van der Waals surface area (Å²) in [7, 11) is 0. The van der Waals surface area contributed by atoms with Crippen LogP contribution in [0.5, 0.6) is 0 Å². The summed E-state index contributed by atoms with van der Waals surface area (Å²) in [6.45, 7) is 7.62. The van der Waals surface area contributed by atoms with Crippen molar-refractivity contribution in [2.24, 2.45) is 0 Å². The van der Waals surface area contributed by atoms with Crippen LogP contribution >= 0.6 is 11.3 Å². The maximum atomic E-state index is 12.6. The minimum atomic E-state index is 0.0461. The molecule has 28 heavy (non-hydrogen) atoms. The van der Waals surface area contributed by atoms with Crippen molar-refractivity contribution in [1.82, 2.24) is 20.2 Å². The normalized spacial score (nSPS) is 15.1. The number of aryl methyl sites for hydroxylation is 1. The van der Waals surface area contributed by atoms with Gasteiger partial charge in [-0.05, 0) is 43.0 Å². The maximum absolute atomic E-state index is 12.6. The molecule has 6 nitrogen and oxygen atoms in total. The van der Waals surface area contributed by atoms with Gasteiger partial charge in [0.15, 0.2) is 0 Å². The number of thiophene rings is 1. The van der Waals surface area contributed by atoms with Crippen molar-refractivity contribution in [3.63, 3.8) is 0 Å². The highest BCUT2D eigenvalue weighted by Crippen LogP contribution is 2.30. The Bertz CT molecular complexity index is 934. The largest absolute Gasteiger partial charge is 0.351 e. The lowest BCUT2D eigenvalue weighted by Gasteiger charge is -2.34. The number of anilines is 1. The van der Waals surface area contributed by atoms with E-state index in [1.165, 1.54) is 10.1 Å². The molecule has 3 aromatic rings. The highest BCUT2D eigenvalue weighted by molar-refractivity contribution is 7.21. The first-order valence-electron chi connectivity index (χ1n) is 9.73. The zero-order valence-electron chi connectivity index (χ0n) is 16.1. The smallest absolute Gasteiger partial charge is 0.261 e. The molecular formula is C21H25N5OS. The molecule has 1 aliphatic rings. The molecule has 1 saturated heterocycles. The topological polar surface area (TPSA) is 61.4 Å². The number of piperazine rings is 1. The molecular weight excluding hydrogens is 370 g/mol. The standard InChI is InChI=1S/C21H25N5OS/c1-16-17-6-2-3-7-18(17)28-19(16)20(27)22-10-5-11-25-12-14-26(15-13-25)21-23-8-4-9-24-21/h2-4,6-9H,5,10-15H2,1H3,(H,22,27). The van der Waals surface area contributed by atoms with Gasteiger partial charge in [0.05, 0.1) is 4.88 Å². The average Bonchev–Trinajstić information content (AvgIpc) is 3.09. The van der Waals surface area contributed by atoms with Gasteiger partial charge in [0.1, 0.15) is 0 Å². The summed E-state index contributed by atoms with van der Waals surface area (Å²) < 4.78 is 1.17. The summed E-state index contributed by atoms with van der Waals surface area (Å²) in [4.78, 5) is 26.7. The lowest BCUT2D eigenvalue weighted by atomic mass is 10.1. The Kier molecular flexibility index (Phi) is 5.83. The van der Waals surface area contributed by atoms with E-state index in [1.54, 1.807) is 23.7 Å². The minimum absolute atomic E-state index is 0.0461. The lowest BCUT2D eigenvalue weighted by molar-refractivity contribution is 0.0955. The zero-order valence-corrected chi connectivity index (χ0v) is 16.9. The Labute approximate surface area is 169 Å². The van der Waals surface area contributed by atoms with Gasteiger partial charge in [-0.25, -0.2) is 9.97 Å². The van der Waals surface area contributed by atoms with E-state index in [0.29, 0.717) is 6.54 Å². The number of nitrogens with zero attached hydrogens (tertiary/aromatic N) is 4. The molecule has 0 spiro atoms. The fourth-order valence-corrected chi connectivity index (χ4v) is 4.73. The van der Waals surface area contributed by atoms with Crippen LogP contribution < -0.4 is 10.2 Å². The number of hydrogen-bond acceptors (Lipinski definition) is 6. The third-order valence-corrected chi connectivity index (χ3v) is 6.47. The molecule has 0 aliphatic carbocycles. The first kappa shape index (κ1) is 18.8. The van der Waals surface area contributed by atoms with Gasteiger partial charge in [-0.3, -0.25) is 9.69 Å². The summed E-state index contributed by atoms with van der Waals surface area (Å²) in [5.41, 5.74) is 1.08. The van der Waals surface area contributed by atoms with Crippen molar-refractivity contribution >= 4 is 33.3 Å². The monoisotopic (exact) mass is 395 g/mol. The molecule has 146 valence electrons. The van der Waals surface area contributed by atoms with Gasteiger partial charge in [-0.1, -0.05) is 18.2 Å². The van der Waals surface area contributed by atoms with Crippen LogP contribution in [-0.2, 0) is 0 Å². The van der Waals surface area contributed by atoms with Crippen molar-refractivity contribution in [2.75, 3.05) is 44.2 Å². The second-order valence-electron chi connectivity index (χ2n) is 7.04. The second-order valence-corrected chi connectivity index (χ2v) is 8.09. The molecule has 4 rings (SSSR count). The van der Waals surface area contributed by atoms with Crippen molar-refractivity contribution in [1.29, 1.82) is 0 Å². The molecule has 0 unspecified atom stereocenters. The molecule has 1 fully saturated rings. The summed E-state index contributed by atoms with van der Waals surface area (Å²) in [6, 6.07) is 10.0. The minimum Gasteiger partial charge on any atom is -0.351 e. The lowest BCUT2D eigenvalue weighted by Crippen LogP contribution is -2.47. The summed E-state index contributed by atoms with van der Waals surface area (Å²) >= 11 is 1.58. The number of fused-ring (bicyclic) bond motifs is 1. The van der Waals surface area contributed by atoms with Crippen LogP contribution in [0.1, 0.15) is 21.7 Å². The van der Waals surface area contributed by atoms with Crippen LogP contribution in [0.2, 0.25) is 0 Å². The molecule has 2 aromatic heterocycles. The summed E-state index contributed by atoms with van der Waals surface area (Å²) in [5.74, 6) is 0.859. The van der Waals surface area contributed by atoms with Crippen LogP contribution in [-0.4, -0.2) is 60.0 Å². The van der Waals surface area contributed by atoms with Gasteiger partial charge in [0, 0.05) is 49.8 Å². The molecule has 0 atom stereocenters. The second kappa shape index (κ2) is 8.67. The van der Waals surface area contributed by atoms with E-state index in [0.717, 1.165) is 55.5 Å². The fourth-order valence-electron chi connectivity index (χ4n) is 3.60. The molecule has 1 aromatic carbocycles.